The van der Waals surface area contributed by atoms with Gasteiger partial charge in [-0.2, -0.15) is 5.26 Å². The van der Waals surface area contributed by atoms with E-state index in [0.717, 1.165) is 16.9 Å². The lowest BCUT2D eigenvalue weighted by Gasteiger charge is -2.14. The maximum atomic E-state index is 14.0. The fourth-order valence-electron chi connectivity index (χ4n) is 2.20. The van der Waals surface area contributed by atoms with Gasteiger partial charge >= 0.3 is 0 Å². The number of rotatable bonds is 5. The highest BCUT2D eigenvalue weighted by Gasteiger charge is 2.11. The molecule has 0 radical (unpaired) electrons. The van der Waals surface area contributed by atoms with Gasteiger partial charge in [0.05, 0.1) is 5.56 Å². The van der Waals surface area contributed by atoms with E-state index in [0.29, 0.717) is 18.5 Å². The molecule has 4 heteroatoms. The molecule has 21 heavy (non-hydrogen) atoms. The van der Waals surface area contributed by atoms with Gasteiger partial charge in [-0.05, 0) is 37.1 Å². The maximum absolute atomic E-state index is 14.0. The molecule has 0 fully saturated rings. The molecule has 0 aromatic heterocycles. The zero-order chi connectivity index (χ0) is 15.2. The first-order chi connectivity index (χ1) is 10.2. The van der Waals surface area contributed by atoms with Gasteiger partial charge in [-0.15, -0.1) is 0 Å². The second-order valence-corrected chi connectivity index (χ2v) is 4.78. The Labute approximate surface area is 123 Å². The summed E-state index contributed by atoms with van der Waals surface area (Å²) in [5.74, 6) is 0.221. The normalized spacial score (nSPS) is 10.2. The van der Waals surface area contributed by atoms with Gasteiger partial charge in [-0.25, -0.2) is 4.39 Å². The lowest BCUT2D eigenvalue weighted by Crippen LogP contribution is -2.07. The molecule has 2 N–H and O–H groups in total. The third-order valence-electron chi connectivity index (χ3n) is 3.28. The molecular formula is C17H17FN2O. The number of para-hydroxylation sites is 1. The summed E-state index contributed by atoms with van der Waals surface area (Å²) in [4.78, 5) is 0. The molecule has 2 rings (SSSR count). The monoisotopic (exact) mass is 284 g/mol. The fourth-order valence-corrected chi connectivity index (χ4v) is 2.20. The van der Waals surface area contributed by atoms with Crippen molar-refractivity contribution in [2.75, 3.05) is 6.54 Å². The maximum Gasteiger partial charge on any atom is 0.147 e. The third kappa shape index (κ3) is 3.39. The molecule has 3 nitrogen and oxygen atoms in total. The molecule has 0 bridgehead atoms. The van der Waals surface area contributed by atoms with Crippen molar-refractivity contribution < 1.29 is 9.13 Å². The lowest BCUT2D eigenvalue weighted by molar-refractivity contribution is 0.294. The van der Waals surface area contributed by atoms with Crippen molar-refractivity contribution in [1.29, 1.82) is 5.26 Å². The van der Waals surface area contributed by atoms with Crippen LogP contribution in [-0.4, -0.2) is 6.54 Å². The second kappa shape index (κ2) is 6.87. The van der Waals surface area contributed by atoms with Crippen LogP contribution in [0.4, 0.5) is 4.39 Å². The van der Waals surface area contributed by atoms with Gasteiger partial charge in [-0.1, -0.05) is 30.3 Å². The van der Waals surface area contributed by atoms with Crippen LogP contribution >= 0.6 is 0 Å². The Morgan fingerprint density at radius 3 is 2.62 bits per heavy atom. The number of nitriles is 1. The summed E-state index contributed by atoms with van der Waals surface area (Å²) in [6, 6.07) is 12.4. The largest absolute Gasteiger partial charge is 0.488 e. The number of hydrogen-bond donors (Lipinski definition) is 1. The van der Waals surface area contributed by atoms with Crippen LogP contribution in [0.5, 0.6) is 5.75 Å². The van der Waals surface area contributed by atoms with E-state index in [4.69, 9.17) is 15.7 Å². The van der Waals surface area contributed by atoms with E-state index in [-0.39, 0.29) is 12.2 Å². The predicted octanol–water partition coefficient (Wildman–Crippen LogP) is 3.09. The zero-order valence-corrected chi connectivity index (χ0v) is 11.9. The first-order valence-corrected chi connectivity index (χ1v) is 6.76. The Morgan fingerprint density at radius 1 is 1.19 bits per heavy atom. The van der Waals surface area contributed by atoms with Gasteiger partial charge in [0.15, 0.2) is 0 Å². The first kappa shape index (κ1) is 15.0. The highest BCUT2D eigenvalue weighted by Crippen LogP contribution is 2.25. The number of nitrogens with two attached hydrogens (primary N) is 1. The summed E-state index contributed by atoms with van der Waals surface area (Å²) in [6.45, 7) is 2.55. The molecule has 2 aromatic carbocycles. The van der Waals surface area contributed by atoms with Crippen molar-refractivity contribution in [3.05, 3.63) is 64.5 Å². The molecular weight excluding hydrogens is 267 g/mol. The van der Waals surface area contributed by atoms with E-state index in [2.05, 4.69) is 0 Å². The minimum absolute atomic E-state index is 0.0306. The molecule has 0 aliphatic rings. The minimum Gasteiger partial charge on any atom is -0.488 e. The molecule has 0 amide bonds. The fraction of sp³-hybridized carbons (Fsp3) is 0.235. The number of nitrogens with zero attached hydrogens (tertiary/aromatic N) is 1. The second-order valence-electron chi connectivity index (χ2n) is 4.78. The predicted molar refractivity (Wildman–Crippen MR) is 79.4 cm³/mol. The van der Waals surface area contributed by atoms with Crippen molar-refractivity contribution in [3.8, 4) is 11.8 Å². The van der Waals surface area contributed by atoms with E-state index < -0.39 is 5.82 Å². The van der Waals surface area contributed by atoms with Crippen LogP contribution in [0, 0.1) is 24.1 Å². The number of ether oxygens (including phenoxy) is 1. The summed E-state index contributed by atoms with van der Waals surface area (Å²) in [5, 5.41) is 8.84. The van der Waals surface area contributed by atoms with Crippen molar-refractivity contribution in [2.45, 2.75) is 20.0 Å². The minimum atomic E-state index is -0.519. The Morgan fingerprint density at radius 2 is 1.90 bits per heavy atom. The average Bonchev–Trinajstić information content (AvgIpc) is 2.48. The summed E-state index contributed by atoms with van der Waals surface area (Å²) in [5.41, 5.74) is 7.99. The van der Waals surface area contributed by atoms with E-state index in [1.165, 1.54) is 6.07 Å². The van der Waals surface area contributed by atoms with E-state index in [9.17, 15) is 4.39 Å². The van der Waals surface area contributed by atoms with E-state index in [1.807, 2.05) is 31.2 Å². The zero-order valence-electron chi connectivity index (χ0n) is 11.9. The Bertz CT molecular complexity index is 677. The standard InChI is InChI=1S/C17H17FN2O/c1-12-4-2-5-13(8-9-19)17(12)21-11-15-7-3-6-14(10-20)16(15)18/h2-7H,8-9,11,19H2,1H3. The molecule has 2 aromatic rings. The van der Waals surface area contributed by atoms with Gasteiger partial charge < -0.3 is 10.5 Å². The molecule has 0 saturated carbocycles. The van der Waals surface area contributed by atoms with Crippen LogP contribution in [0.25, 0.3) is 0 Å². The molecule has 0 aliphatic heterocycles. The van der Waals surface area contributed by atoms with Crippen LogP contribution in [-0.2, 0) is 13.0 Å². The van der Waals surface area contributed by atoms with Gasteiger partial charge in [0.25, 0.3) is 0 Å². The molecule has 0 saturated heterocycles. The highest BCUT2D eigenvalue weighted by molar-refractivity contribution is 5.41. The molecule has 0 heterocycles. The van der Waals surface area contributed by atoms with Gasteiger partial charge in [0, 0.05) is 5.56 Å². The van der Waals surface area contributed by atoms with Gasteiger partial charge in [0.2, 0.25) is 0 Å². The number of benzene rings is 2. The van der Waals surface area contributed by atoms with Crippen LogP contribution in [0.1, 0.15) is 22.3 Å². The third-order valence-corrected chi connectivity index (χ3v) is 3.28. The number of halogens is 1. The van der Waals surface area contributed by atoms with Crippen molar-refractivity contribution >= 4 is 0 Å². The SMILES string of the molecule is Cc1cccc(CCN)c1OCc1cccc(C#N)c1F. The average molecular weight is 284 g/mol. The van der Waals surface area contributed by atoms with Crippen molar-refractivity contribution in [2.24, 2.45) is 5.73 Å². The highest BCUT2D eigenvalue weighted by atomic mass is 19.1. The Balaban J connectivity index is 2.23. The first-order valence-electron chi connectivity index (χ1n) is 6.76. The van der Waals surface area contributed by atoms with Gasteiger partial charge in [-0.3, -0.25) is 0 Å². The summed E-state index contributed by atoms with van der Waals surface area (Å²) < 4.78 is 19.8. The summed E-state index contributed by atoms with van der Waals surface area (Å²) >= 11 is 0. The molecule has 0 atom stereocenters. The number of aryl methyl sites for hydroxylation is 1. The van der Waals surface area contributed by atoms with Crippen LogP contribution in [0.3, 0.4) is 0 Å². The van der Waals surface area contributed by atoms with Gasteiger partial charge in [0.1, 0.15) is 24.2 Å². The molecule has 0 aliphatic carbocycles. The van der Waals surface area contributed by atoms with E-state index in [1.54, 1.807) is 12.1 Å². The summed E-state index contributed by atoms with van der Waals surface area (Å²) in [7, 11) is 0. The number of hydrogen-bond acceptors (Lipinski definition) is 3. The molecule has 0 spiro atoms. The molecule has 108 valence electrons. The Hall–Kier alpha value is -2.38. The van der Waals surface area contributed by atoms with E-state index >= 15 is 0 Å². The lowest BCUT2D eigenvalue weighted by atomic mass is 10.1. The summed E-state index contributed by atoms with van der Waals surface area (Å²) in [6.07, 6.45) is 0.706. The van der Waals surface area contributed by atoms with Crippen LogP contribution in [0.15, 0.2) is 36.4 Å². The topological polar surface area (TPSA) is 59.0 Å². The van der Waals surface area contributed by atoms with Crippen LogP contribution in [0.2, 0.25) is 0 Å². The van der Waals surface area contributed by atoms with Crippen molar-refractivity contribution in [3.63, 3.8) is 0 Å². The van der Waals surface area contributed by atoms with Crippen LogP contribution < -0.4 is 10.5 Å². The molecule has 0 unspecified atom stereocenters. The van der Waals surface area contributed by atoms with Crippen molar-refractivity contribution in [1.82, 2.24) is 0 Å². The quantitative estimate of drug-likeness (QED) is 0.917. The Kier molecular flexibility index (Phi) is 4.91. The smallest absolute Gasteiger partial charge is 0.147 e.